The van der Waals surface area contributed by atoms with Crippen molar-refractivity contribution in [2.24, 2.45) is 0 Å². The molecule has 0 amide bonds. The van der Waals surface area contributed by atoms with Gasteiger partial charge in [-0.05, 0) is 25.1 Å². The zero-order valence-electron chi connectivity index (χ0n) is 10.1. The van der Waals surface area contributed by atoms with Crippen LogP contribution in [0, 0.1) is 18.6 Å². The van der Waals surface area contributed by atoms with Gasteiger partial charge in [0, 0.05) is 10.0 Å². The lowest BCUT2D eigenvalue weighted by Gasteiger charge is -2.11. The average molecular weight is 329 g/mol. The van der Waals surface area contributed by atoms with E-state index in [2.05, 4.69) is 15.9 Å². The summed E-state index contributed by atoms with van der Waals surface area (Å²) >= 11 is 3.07. The Hall–Kier alpha value is -1.46. The smallest absolute Gasteiger partial charge is 0.201 e. The predicted molar refractivity (Wildman–Crippen MR) is 71.2 cm³/mol. The maximum atomic E-state index is 13.6. The molecule has 2 rings (SSSR count). The third-order valence-electron chi connectivity index (χ3n) is 2.57. The fraction of sp³-hybridized carbons (Fsp3) is 0.143. The van der Waals surface area contributed by atoms with E-state index in [-0.39, 0.29) is 12.4 Å². The highest BCUT2D eigenvalue weighted by Crippen LogP contribution is 2.31. The van der Waals surface area contributed by atoms with Crippen molar-refractivity contribution < 1.29 is 18.6 Å². The van der Waals surface area contributed by atoms with E-state index in [4.69, 9.17) is 4.74 Å². The molecule has 0 aromatic heterocycles. The summed E-state index contributed by atoms with van der Waals surface area (Å²) in [5, 5.41) is 9.24. The molecule has 19 heavy (non-hydrogen) atoms. The highest BCUT2D eigenvalue weighted by atomic mass is 79.9. The van der Waals surface area contributed by atoms with Gasteiger partial charge in [-0.1, -0.05) is 33.6 Å². The van der Waals surface area contributed by atoms with Crippen LogP contribution in [0.4, 0.5) is 8.78 Å². The standard InChI is InChI=1S/C14H11BrF2O2/c1-8-2-3-12(9(4-8)7-18)19-13-6-10(15)5-11(16)14(13)17/h2-6,18H,7H2,1H3. The van der Waals surface area contributed by atoms with Crippen LogP contribution in [-0.2, 0) is 6.61 Å². The van der Waals surface area contributed by atoms with Gasteiger partial charge < -0.3 is 9.84 Å². The van der Waals surface area contributed by atoms with E-state index in [0.717, 1.165) is 11.6 Å². The van der Waals surface area contributed by atoms with Crippen molar-refractivity contribution in [3.05, 3.63) is 57.6 Å². The Morgan fingerprint density at radius 1 is 1.16 bits per heavy atom. The van der Waals surface area contributed by atoms with Gasteiger partial charge in [-0.15, -0.1) is 0 Å². The SMILES string of the molecule is Cc1ccc(Oc2cc(Br)cc(F)c2F)c(CO)c1. The van der Waals surface area contributed by atoms with Crippen molar-refractivity contribution in [2.75, 3.05) is 0 Å². The van der Waals surface area contributed by atoms with E-state index in [0.29, 0.717) is 15.8 Å². The number of aliphatic hydroxyl groups is 1. The minimum Gasteiger partial charge on any atom is -0.454 e. The van der Waals surface area contributed by atoms with Gasteiger partial charge in [-0.25, -0.2) is 4.39 Å². The Bertz CT molecular complexity index is 615. The van der Waals surface area contributed by atoms with Crippen LogP contribution >= 0.6 is 15.9 Å². The molecule has 2 aromatic carbocycles. The van der Waals surface area contributed by atoms with Gasteiger partial charge in [-0.3, -0.25) is 0 Å². The Labute approximate surface area is 117 Å². The van der Waals surface area contributed by atoms with Crippen LogP contribution < -0.4 is 4.74 Å². The summed E-state index contributed by atoms with van der Waals surface area (Å²) in [6.07, 6.45) is 0. The minimum absolute atomic E-state index is 0.231. The van der Waals surface area contributed by atoms with Crippen molar-refractivity contribution in [1.82, 2.24) is 0 Å². The quantitative estimate of drug-likeness (QED) is 0.850. The molecule has 0 aliphatic heterocycles. The number of halogens is 3. The lowest BCUT2D eigenvalue weighted by molar-refractivity contribution is 0.275. The summed E-state index contributed by atoms with van der Waals surface area (Å²) in [5.74, 6) is -2.00. The fourth-order valence-electron chi connectivity index (χ4n) is 1.66. The number of benzene rings is 2. The lowest BCUT2D eigenvalue weighted by Crippen LogP contribution is -1.96. The van der Waals surface area contributed by atoms with E-state index < -0.39 is 11.6 Å². The Morgan fingerprint density at radius 2 is 1.89 bits per heavy atom. The van der Waals surface area contributed by atoms with Crippen LogP contribution in [0.15, 0.2) is 34.8 Å². The Morgan fingerprint density at radius 3 is 2.58 bits per heavy atom. The van der Waals surface area contributed by atoms with E-state index >= 15 is 0 Å². The molecule has 5 heteroatoms. The van der Waals surface area contributed by atoms with Gasteiger partial charge in [0.2, 0.25) is 5.82 Å². The first-order chi connectivity index (χ1) is 9.01. The maximum absolute atomic E-state index is 13.6. The predicted octanol–water partition coefficient (Wildman–Crippen LogP) is 4.32. The largest absolute Gasteiger partial charge is 0.454 e. The van der Waals surface area contributed by atoms with E-state index in [1.807, 2.05) is 6.92 Å². The van der Waals surface area contributed by atoms with E-state index in [1.54, 1.807) is 18.2 Å². The molecule has 100 valence electrons. The molecule has 0 radical (unpaired) electrons. The molecule has 0 unspecified atom stereocenters. The van der Waals surface area contributed by atoms with Crippen LogP contribution in [-0.4, -0.2) is 5.11 Å². The van der Waals surface area contributed by atoms with Crippen LogP contribution in [0.25, 0.3) is 0 Å². The summed E-state index contributed by atoms with van der Waals surface area (Å²) in [4.78, 5) is 0. The molecular weight excluding hydrogens is 318 g/mol. The molecular formula is C14H11BrF2O2. The zero-order chi connectivity index (χ0) is 14.0. The number of aliphatic hydroxyl groups excluding tert-OH is 1. The molecule has 0 aliphatic rings. The van der Waals surface area contributed by atoms with Gasteiger partial charge in [0.1, 0.15) is 5.75 Å². The van der Waals surface area contributed by atoms with Crippen LogP contribution in [0.3, 0.4) is 0 Å². The van der Waals surface area contributed by atoms with Crippen LogP contribution in [0.1, 0.15) is 11.1 Å². The van der Waals surface area contributed by atoms with Crippen LogP contribution in [0.5, 0.6) is 11.5 Å². The molecule has 0 saturated heterocycles. The third-order valence-corrected chi connectivity index (χ3v) is 3.02. The highest BCUT2D eigenvalue weighted by Gasteiger charge is 2.13. The first kappa shape index (κ1) is 14.0. The molecule has 0 fully saturated rings. The lowest BCUT2D eigenvalue weighted by atomic mass is 10.1. The summed E-state index contributed by atoms with van der Waals surface area (Å²) in [5.41, 5.74) is 1.46. The topological polar surface area (TPSA) is 29.5 Å². The molecule has 0 bridgehead atoms. The molecule has 0 aliphatic carbocycles. The first-order valence-corrected chi connectivity index (χ1v) is 6.33. The second-order valence-corrected chi connectivity index (χ2v) is 4.99. The Kier molecular flexibility index (Phi) is 4.17. The van der Waals surface area contributed by atoms with Gasteiger partial charge in [0.15, 0.2) is 11.6 Å². The Balaban J connectivity index is 2.41. The molecule has 0 atom stereocenters. The second kappa shape index (κ2) is 5.67. The summed E-state index contributed by atoms with van der Waals surface area (Å²) < 4.78 is 32.6. The van der Waals surface area contributed by atoms with E-state index in [9.17, 15) is 13.9 Å². The van der Waals surface area contributed by atoms with Gasteiger partial charge in [0.25, 0.3) is 0 Å². The fourth-order valence-corrected chi connectivity index (χ4v) is 2.07. The van der Waals surface area contributed by atoms with Crippen LogP contribution in [0.2, 0.25) is 0 Å². The molecule has 1 N–H and O–H groups in total. The molecule has 0 spiro atoms. The van der Waals surface area contributed by atoms with Gasteiger partial charge >= 0.3 is 0 Å². The summed E-state index contributed by atoms with van der Waals surface area (Å²) in [7, 11) is 0. The van der Waals surface area contributed by atoms with E-state index in [1.165, 1.54) is 6.07 Å². The molecule has 0 saturated carbocycles. The average Bonchev–Trinajstić information content (AvgIpc) is 2.37. The van der Waals surface area contributed by atoms with Gasteiger partial charge in [-0.2, -0.15) is 4.39 Å². The molecule has 2 aromatic rings. The van der Waals surface area contributed by atoms with Crippen molar-refractivity contribution in [3.63, 3.8) is 0 Å². The van der Waals surface area contributed by atoms with Crippen molar-refractivity contribution >= 4 is 15.9 Å². The molecule has 2 nitrogen and oxygen atoms in total. The number of rotatable bonds is 3. The first-order valence-electron chi connectivity index (χ1n) is 5.54. The summed E-state index contributed by atoms with van der Waals surface area (Å²) in [6.45, 7) is 1.62. The number of hydrogen-bond acceptors (Lipinski definition) is 2. The monoisotopic (exact) mass is 328 g/mol. The highest BCUT2D eigenvalue weighted by molar-refractivity contribution is 9.10. The number of ether oxygens (including phenoxy) is 1. The maximum Gasteiger partial charge on any atom is 0.201 e. The van der Waals surface area contributed by atoms with Crippen molar-refractivity contribution in [2.45, 2.75) is 13.5 Å². The molecule has 0 heterocycles. The minimum atomic E-state index is -1.06. The summed E-state index contributed by atoms with van der Waals surface area (Å²) in [6, 6.07) is 7.45. The number of aryl methyl sites for hydroxylation is 1. The number of hydrogen-bond donors (Lipinski definition) is 1. The third kappa shape index (κ3) is 3.11. The van der Waals surface area contributed by atoms with Gasteiger partial charge in [0.05, 0.1) is 6.61 Å². The van der Waals surface area contributed by atoms with Crippen molar-refractivity contribution in [3.8, 4) is 11.5 Å². The second-order valence-electron chi connectivity index (χ2n) is 4.07. The normalized spacial score (nSPS) is 10.6. The van der Waals surface area contributed by atoms with Crippen molar-refractivity contribution in [1.29, 1.82) is 0 Å². The zero-order valence-corrected chi connectivity index (χ0v) is 11.7.